The van der Waals surface area contributed by atoms with E-state index in [0.29, 0.717) is 17.9 Å². The van der Waals surface area contributed by atoms with Crippen molar-refractivity contribution in [1.82, 2.24) is 4.90 Å². The van der Waals surface area contributed by atoms with Crippen LogP contribution >= 0.6 is 0 Å². The number of rotatable bonds is 6. The van der Waals surface area contributed by atoms with E-state index < -0.39 is 70.5 Å². The van der Waals surface area contributed by atoms with Crippen LogP contribution < -0.4 is 10.5 Å². The molecule has 4 N–H and O–H groups in total. The Morgan fingerprint density at radius 3 is 2.49 bits per heavy atom. The van der Waals surface area contributed by atoms with Crippen LogP contribution in [0.15, 0.2) is 18.2 Å². The molecule has 188 valence electrons. The lowest BCUT2D eigenvalue weighted by Crippen LogP contribution is -2.77. The van der Waals surface area contributed by atoms with Crippen molar-refractivity contribution in [2.24, 2.45) is 29.4 Å². The molecule has 10 nitrogen and oxygen atoms in total. The van der Waals surface area contributed by atoms with Gasteiger partial charge in [0.1, 0.15) is 5.75 Å². The van der Waals surface area contributed by atoms with E-state index in [-0.39, 0.29) is 12.0 Å². The van der Waals surface area contributed by atoms with Crippen LogP contribution in [0.25, 0.3) is 0 Å². The summed E-state index contributed by atoms with van der Waals surface area (Å²) in [4.78, 5) is 67.2. The van der Waals surface area contributed by atoms with Gasteiger partial charge in [0.05, 0.1) is 36.2 Å². The first kappa shape index (κ1) is 25.2. The molecule has 0 spiro atoms. The number of carbonyl (C=O) groups is 5. The van der Waals surface area contributed by atoms with Gasteiger partial charge in [0.25, 0.3) is 0 Å². The summed E-state index contributed by atoms with van der Waals surface area (Å²) in [5.74, 6) is -11.2. The number of benzene rings is 1. The van der Waals surface area contributed by atoms with Gasteiger partial charge in [-0.2, -0.15) is 0 Å². The average Bonchev–Trinajstić information content (AvgIpc) is 2.79. The van der Waals surface area contributed by atoms with E-state index in [0.717, 1.165) is 12.8 Å². The van der Waals surface area contributed by atoms with E-state index in [2.05, 4.69) is 0 Å². The third kappa shape index (κ3) is 3.54. The minimum absolute atomic E-state index is 0.109. The fourth-order valence-corrected chi connectivity index (χ4v) is 5.98. The number of aliphatic hydroxyl groups excluding tert-OH is 1. The van der Waals surface area contributed by atoms with Gasteiger partial charge in [-0.25, -0.2) is 0 Å². The van der Waals surface area contributed by atoms with Gasteiger partial charge in [-0.1, -0.05) is 25.5 Å². The summed E-state index contributed by atoms with van der Waals surface area (Å²) in [6, 6.07) is 3.70. The largest absolute Gasteiger partial charge is 0.493 e. The number of hydrogen-bond donors (Lipinski definition) is 3. The molecule has 1 aromatic rings. The van der Waals surface area contributed by atoms with Crippen molar-refractivity contribution >= 4 is 29.0 Å². The van der Waals surface area contributed by atoms with Gasteiger partial charge in [-0.15, -0.1) is 0 Å². The summed E-state index contributed by atoms with van der Waals surface area (Å²) in [5, 5.41) is 23.0. The molecule has 3 aliphatic carbocycles. The molecular formula is C25H30N2O8. The summed E-state index contributed by atoms with van der Waals surface area (Å²) in [6.45, 7) is 2.35. The number of ether oxygens (including phenoxy) is 1. The minimum atomic E-state index is -2.92. The maximum absolute atomic E-state index is 13.8. The van der Waals surface area contributed by atoms with Gasteiger partial charge >= 0.3 is 0 Å². The van der Waals surface area contributed by atoms with Crippen LogP contribution in [0.3, 0.4) is 0 Å². The maximum Gasteiger partial charge on any atom is 0.235 e. The number of carbonyl (C=O) groups excluding carboxylic acids is 5. The highest BCUT2D eigenvalue weighted by molar-refractivity contribution is 6.32. The molecule has 0 aliphatic heterocycles. The number of Topliss-reactive ketones (excluding diaryl/α,β-unsaturated/α-hetero) is 4. The Bertz CT molecular complexity index is 1110. The fraction of sp³-hybridized carbons (Fsp3) is 0.560. The summed E-state index contributed by atoms with van der Waals surface area (Å²) in [5.41, 5.74) is 3.14. The number of hydrogen-bond acceptors (Lipinski definition) is 9. The van der Waals surface area contributed by atoms with Crippen LogP contribution in [0.1, 0.15) is 35.7 Å². The molecule has 0 radical (unpaired) electrons. The number of nitrogens with two attached hydrogens (primary N) is 1. The van der Waals surface area contributed by atoms with Crippen molar-refractivity contribution in [3.8, 4) is 5.75 Å². The van der Waals surface area contributed by atoms with Crippen molar-refractivity contribution < 1.29 is 38.9 Å². The first-order valence-corrected chi connectivity index (χ1v) is 11.8. The number of amides is 1. The van der Waals surface area contributed by atoms with Gasteiger partial charge < -0.3 is 20.7 Å². The second-order valence-corrected chi connectivity index (χ2v) is 9.86. The van der Waals surface area contributed by atoms with Gasteiger partial charge in [0.15, 0.2) is 34.7 Å². The van der Waals surface area contributed by atoms with E-state index in [1.807, 2.05) is 6.92 Å². The molecule has 0 aromatic heterocycles. The van der Waals surface area contributed by atoms with Crippen molar-refractivity contribution in [3.63, 3.8) is 0 Å². The van der Waals surface area contributed by atoms with Gasteiger partial charge in [0.2, 0.25) is 5.91 Å². The normalized spacial score (nSPS) is 34.3. The van der Waals surface area contributed by atoms with Crippen molar-refractivity contribution in [1.29, 1.82) is 0 Å². The molecule has 1 aromatic carbocycles. The second-order valence-electron chi connectivity index (χ2n) is 9.86. The molecule has 10 heteroatoms. The highest BCUT2D eigenvalue weighted by Gasteiger charge is 2.72. The highest BCUT2D eigenvalue weighted by atomic mass is 16.5. The molecular weight excluding hydrogens is 456 g/mol. The molecule has 2 saturated carbocycles. The second kappa shape index (κ2) is 8.92. The van der Waals surface area contributed by atoms with Crippen LogP contribution in [0.4, 0.5) is 0 Å². The molecule has 7 atom stereocenters. The third-order valence-corrected chi connectivity index (χ3v) is 7.62. The number of aliphatic hydroxyl groups is 2. The number of likely N-dealkylation sites (N-methyl/N-ethyl adjacent to an activating group) is 1. The average molecular weight is 487 g/mol. The number of fused-ring (bicyclic) bond motifs is 3. The molecule has 0 heterocycles. The van der Waals surface area contributed by atoms with Crippen molar-refractivity contribution in [2.75, 3.05) is 20.7 Å². The molecule has 0 saturated heterocycles. The zero-order valence-electron chi connectivity index (χ0n) is 19.9. The zero-order chi connectivity index (χ0) is 25.8. The first-order valence-electron chi connectivity index (χ1n) is 11.8. The lowest BCUT2D eigenvalue weighted by Gasteiger charge is -2.54. The number of primary amides is 1. The van der Waals surface area contributed by atoms with E-state index in [1.165, 1.54) is 19.0 Å². The van der Waals surface area contributed by atoms with E-state index >= 15 is 0 Å². The highest BCUT2D eigenvalue weighted by Crippen LogP contribution is 2.50. The molecule has 0 bridgehead atoms. The Hall–Kier alpha value is -2.95. The summed E-state index contributed by atoms with van der Waals surface area (Å²) in [6.07, 6.45) is 0.185. The third-order valence-electron chi connectivity index (χ3n) is 7.62. The molecule has 4 rings (SSSR count). The van der Waals surface area contributed by atoms with Crippen LogP contribution in [0.2, 0.25) is 0 Å². The standard InChI is InChI=1S/C25H30N2O8/c1-4-5-9-35-13-8-6-7-11-10-12-15(20(29)14(11)13)22(31)25(34)17(19(12)28)18(27(2)3)21(30)16(23(25)32)24(26)33/h6-8,12,15-19,28,34H,4-5,9-10H2,1-3H3,(H2,26,33)/t12-,15?,16?,17-,18+,19+,25+/m1/s1. The maximum atomic E-state index is 13.8. The van der Waals surface area contributed by atoms with E-state index in [9.17, 15) is 34.2 Å². The van der Waals surface area contributed by atoms with Gasteiger partial charge in [-0.3, -0.25) is 28.9 Å². The monoisotopic (exact) mass is 486 g/mol. The number of ketones is 4. The smallest absolute Gasteiger partial charge is 0.235 e. The predicted octanol–water partition coefficient (Wildman–Crippen LogP) is -0.689. The van der Waals surface area contributed by atoms with E-state index in [4.69, 9.17) is 10.5 Å². The number of unbranched alkanes of at least 4 members (excludes halogenated alkanes) is 1. The Morgan fingerprint density at radius 2 is 1.89 bits per heavy atom. The Kier molecular flexibility index (Phi) is 6.41. The molecule has 35 heavy (non-hydrogen) atoms. The lowest BCUT2D eigenvalue weighted by molar-refractivity contribution is -0.195. The molecule has 3 aliphatic rings. The van der Waals surface area contributed by atoms with Crippen LogP contribution in [0, 0.1) is 23.7 Å². The van der Waals surface area contributed by atoms with Crippen LogP contribution in [-0.4, -0.2) is 82.6 Å². The SMILES string of the molecule is CCCCOc1cccc2c1C(=O)C1C(=O)[C@]3(O)C(=O)C(C(N)=O)C(=O)[C@@H](N(C)C)[C@@H]3[C@@H](O)[C@@H]1C2. The van der Waals surface area contributed by atoms with Crippen molar-refractivity contribution in [2.45, 2.75) is 43.9 Å². The summed E-state index contributed by atoms with van der Waals surface area (Å²) in [7, 11) is 2.95. The topological polar surface area (TPSA) is 164 Å². The minimum Gasteiger partial charge on any atom is -0.493 e. The lowest BCUT2D eigenvalue weighted by atomic mass is 9.51. The van der Waals surface area contributed by atoms with Crippen molar-refractivity contribution in [3.05, 3.63) is 29.3 Å². The first-order chi connectivity index (χ1) is 16.5. The Morgan fingerprint density at radius 1 is 1.20 bits per heavy atom. The van der Waals surface area contributed by atoms with Crippen LogP contribution in [0.5, 0.6) is 5.75 Å². The molecule has 2 unspecified atom stereocenters. The summed E-state index contributed by atoms with van der Waals surface area (Å²) >= 11 is 0. The predicted molar refractivity (Wildman–Crippen MR) is 121 cm³/mol. The Balaban J connectivity index is 1.84. The Labute approximate surface area is 202 Å². The quantitative estimate of drug-likeness (QED) is 0.349. The zero-order valence-corrected chi connectivity index (χ0v) is 19.9. The van der Waals surface area contributed by atoms with Gasteiger partial charge in [0, 0.05) is 5.92 Å². The van der Waals surface area contributed by atoms with Crippen LogP contribution in [-0.2, 0) is 25.6 Å². The number of nitrogens with zero attached hydrogens (tertiary/aromatic N) is 1. The van der Waals surface area contributed by atoms with Gasteiger partial charge in [-0.05, 0) is 38.6 Å². The molecule has 2 fully saturated rings. The molecule has 1 amide bonds. The van der Waals surface area contributed by atoms with E-state index in [1.54, 1.807) is 18.2 Å². The summed E-state index contributed by atoms with van der Waals surface area (Å²) < 4.78 is 5.78. The fourth-order valence-electron chi connectivity index (χ4n) is 5.98.